The number of hydrogen-bond donors (Lipinski definition) is 0. The van der Waals surface area contributed by atoms with Gasteiger partial charge in [0.15, 0.2) is 0 Å². The Bertz CT molecular complexity index is 1060. The van der Waals surface area contributed by atoms with Gasteiger partial charge in [-0.15, -0.1) is 0 Å². The van der Waals surface area contributed by atoms with Crippen molar-refractivity contribution in [3.05, 3.63) is 60.7 Å². The molecule has 0 aromatic heterocycles. The Balaban J connectivity index is 1.11. The van der Waals surface area contributed by atoms with Crippen LogP contribution in [0, 0.1) is 11.3 Å². The molecule has 2 aromatic rings. The summed E-state index contributed by atoms with van der Waals surface area (Å²) in [5.74, 6) is 0.514. The van der Waals surface area contributed by atoms with Gasteiger partial charge in [0.25, 0.3) is 0 Å². The lowest BCUT2D eigenvalue weighted by Crippen LogP contribution is -2.53. The molecular formula is C32H42F3N3. The Morgan fingerprint density at radius 3 is 1.97 bits per heavy atom. The van der Waals surface area contributed by atoms with Gasteiger partial charge in [0, 0.05) is 44.6 Å². The fourth-order valence-corrected chi connectivity index (χ4v) is 6.49. The van der Waals surface area contributed by atoms with E-state index in [0.29, 0.717) is 25.2 Å². The molecule has 0 amide bonds. The Morgan fingerprint density at radius 2 is 1.45 bits per heavy atom. The maximum Gasteiger partial charge on any atom is 0.395 e. The zero-order valence-corrected chi connectivity index (χ0v) is 22.8. The number of hydrogen-bond acceptors (Lipinski definition) is 3. The van der Waals surface area contributed by atoms with Crippen molar-refractivity contribution in [1.82, 2.24) is 9.80 Å². The highest BCUT2D eigenvalue weighted by Crippen LogP contribution is 2.53. The SMILES string of the molecule is C=C(c1ccc(-c2ccc(N(C)CC3CCN(CC4(C(F)(F)F)CCC4)CC3)cc2)cc1)N1CCCCC1. The normalized spacial score (nSPS) is 20.7. The van der Waals surface area contributed by atoms with Crippen molar-refractivity contribution in [3.8, 4) is 11.1 Å². The first-order valence-corrected chi connectivity index (χ1v) is 14.4. The third-order valence-electron chi connectivity index (χ3n) is 9.27. The molecule has 3 nitrogen and oxygen atoms in total. The molecule has 0 unspecified atom stereocenters. The summed E-state index contributed by atoms with van der Waals surface area (Å²) in [6.07, 6.45) is 2.98. The average Bonchev–Trinajstić information content (AvgIpc) is 2.91. The highest BCUT2D eigenvalue weighted by atomic mass is 19.4. The molecular weight excluding hydrogens is 483 g/mol. The zero-order chi connectivity index (χ0) is 26.8. The maximum absolute atomic E-state index is 13.6. The van der Waals surface area contributed by atoms with Crippen LogP contribution in [0.25, 0.3) is 16.8 Å². The standard InChI is InChI=1S/C32H42F3N3/c1-25(38-19-4-3-5-20-38)27-7-9-28(10-8-27)29-11-13-30(14-12-29)36(2)23-26-15-21-37(22-16-26)24-31(17-6-18-31)32(33,34)35/h7-14,26H,1,3-6,15-24H2,2H3. The zero-order valence-electron chi connectivity index (χ0n) is 22.8. The molecule has 0 atom stereocenters. The van der Waals surface area contributed by atoms with Gasteiger partial charge in [0.1, 0.15) is 0 Å². The van der Waals surface area contributed by atoms with Crippen LogP contribution in [0.4, 0.5) is 18.9 Å². The predicted molar refractivity (Wildman–Crippen MR) is 151 cm³/mol. The quantitative estimate of drug-likeness (QED) is 0.350. The van der Waals surface area contributed by atoms with E-state index in [9.17, 15) is 13.2 Å². The summed E-state index contributed by atoms with van der Waals surface area (Å²) >= 11 is 0. The summed E-state index contributed by atoms with van der Waals surface area (Å²) in [6.45, 7) is 9.22. The monoisotopic (exact) mass is 525 g/mol. The summed E-state index contributed by atoms with van der Waals surface area (Å²) in [4.78, 5) is 6.75. The summed E-state index contributed by atoms with van der Waals surface area (Å²) in [5.41, 5.74) is 4.45. The van der Waals surface area contributed by atoms with E-state index in [1.54, 1.807) is 0 Å². The van der Waals surface area contributed by atoms with Gasteiger partial charge < -0.3 is 14.7 Å². The smallest absolute Gasteiger partial charge is 0.374 e. The van der Waals surface area contributed by atoms with Gasteiger partial charge in [0.2, 0.25) is 0 Å². The molecule has 0 N–H and O–H groups in total. The lowest BCUT2D eigenvalue weighted by molar-refractivity contribution is -0.256. The molecule has 0 radical (unpaired) electrons. The van der Waals surface area contributed by atoms with Crippen LogP contribution in [0.1, 0.15) is 56.9 Å². The van der Waals surface area contributed by atoms with Crippen molar-refractivity contribution in [2.75, 3.05) is 51.2 Å². The van der Waals surface area contributed by atoms with Crippen LogP contribution < -0.4 is 4.90 Å². The van der Waals surface area contributed by atoms with E-state index in [-0.39, 0.29) is 6.54 Å². The molecule has 2 aliphatic heterocycles. The molecule has 6 heteroatoms. The topological polar surface area (TPSA) is 9.72 Å². The van der Waals surface area contributed by atoms with E-state index in [4.69, 9.17) is 0 Å². The largest absolute Gasteiger partial charge is 0.395 e. The summed E-state index contributed by atoms with van der Waals surface area (Å²) in [5, 5.41) is 0. The van der Waals surface area contributed by atoms with Gasteiger partial charge in [-0.1, -0.05) is 49.4 Å². The van der Waals surface area contributed by atoms with Crippen LogP contribution >= 0.6 is 0 Å². The van der Waals surface area contributed by atoms with Gasteiger partial charge in [-0.25, -0.2) is 0 Å². The number of alkyl halides is 3. The van der Waals surface area contributed by atoms with Crippen molar-refractivity contribution in [1.29, 1.82) is 0 Å². The van der Waals surface area contributed by atoms with E-state index in [1.807, 2.05) is 0 Å². The molecule has 2 saturated heterocycles. The van der Waals surface area contributed by atoms with Gasteiger partial charge in [-0.2, -0.15) is 13.2 Å². The summed E-state index contributed by atoms with van der Waals surface area (Å²) in [6, 6.07) is 17.4. The lowest BCUT2D eigenvalue weighted by Gasteiger charge is -2.47. The molecule has 0 bridgehead atoms. The van der Waals surface area contributed by atoms with Crippen LogP contribution in [0.3, 0.4) is 0 Å². The Labute approximate surface area is 226 Å². The lowest BCUT2D eigenvalue weighted by atomic mass is 9.67. The Kier molecular flexibility index (Phi) is 8.08. The minimum absolute atomic E-state index is 0.188. The third-order valence-corrected chi connectivity index (χ3v) is 9.27. The first-order chi connectivity index (χ1) is 18.2. The van der Waals surface area contributed by atoms with Crippen molar-refractivity contribution >= 4 is 11.4 Å². The number of likely N-dealkylation sites (tertiary alicyclic amines) is 2. The van der Waals surface area contributed by atoms with Crippen molar-refractivity contribution in [3.63, 3.8) is 0 Å². The maximum atomic E-state index is 13.6. The molecule has 0 spiro atoms. The van der Waals surface area contributed by atoms with Gasteiger partial charge >= 0.3 is 6.18 Å². The van der Waals surface area contributed by atoms with Crippen molar-refractivity contribution in [2.24, 2.45) is 11.3 Å². The number of anilines is 1. The second kappa shape index (κ2) is 11.3. The number of halogens is 3. The molecule has 2 heterocycles. The van der Waals surface area contributed by atoms with Gasteiger partial charge in [-0.3, -0.25) is 0 Å². The number of rotatable bonds is 8. The van der Waals surface area contributed by atoms with Crippen molar-refractivity contribution < 1.29 is 13.2 Å². The fraction of sp³-hybridized carbons (Fsp3) is 0.562. The molecule has 1 saturated carbocycles. The molecule has 5 rings (SSSR count). The summed E-state index contributed by atoms with van der Waals surface area (Å²) < 4.78 is 40.7. The fourth-order valence-electron chi connectivity index (χ4n) is 6.49. The molecule has 3 fully saturated rings. The average molecular weight is 526 g/mol. The molecule has 3 aliphatic rings. The molecule has 206 valence electrons. The predicted octanol–water partition coefficient (Wildman–Crippen LogP) is 7.69. The first kappa shape index (κ1) is 27.1. The van der Waals surface area contributed by atoms with E-state index < -0.39 is 11.6 Å². The highest BCUT2D eigenvalue weighted by molar-refractivity contribution is 5.70. The van der Waals surface area contributed by atoms with E-state index in [1.165, 1.54) is 41.6 Å². The number of nitrogens with zero attached hydrogens (tertiary/aromatic N) is 3. The minimum atomic E-state index is -4.07. The van der Waals surface area contributed by atoms with Crippen LogP contribution in [0.5, 0.6) is 0 Å². The highest BCUT2D eigenvalue weighted by Gasteiger charge is 2.58. The van der Waals surface area contributed by atoms with E-state index in [2.05, 4.69) is 76.9 Å². The number of benzene rings is 2. The molecule has 2 aromatic carbocycles. The van der Waals surface area contributed by atoms with E-state index >= 15 is 0 Å². The van der Waals surface area contributed by atoms with Gasteiger partial charge in [-0.05, 0) is 92.8 Å². The minimum Gasteiger partial charge on any atom is -0.374 e. The molecule has 1 aliphatic carbocycles. The van der Waals surface area contributed by atoms with E-state index in [0.717, 1.165) is 51.3 Å². The van der Waals surface area contributed by atoms with Crippen LogP contribution in [-0.2, 0) is 0 Å². The first-order valence-electron chi connectivity index (χ1n) is 14.4. The van der Waals surface area contributed by atoms with Gasteiger partial charge in [0.05, 0.1) is 5.41 Å². The van der Waals surface area contributed by atoms with Crippen LogP contribution in [0.15, 0.2) is 55.1 Å². The third kappa shape index (κ3) is 5.90. The second-order valence-electron chi connectivity index (χ2n) is 11.9. The van der Waals surface area contributed by atoms with Crippen molar-refractivity contribution in [2.45, 2.75) is 57.5 Å². The van der Waals surface area contributed by atoms with Crippen LogP contribution in [0.2, 0.25) is 0 Å². The molecule has 38 heavy (non-hydrogen) atoms. The number of piperidine rings is 2. The Hall–Kier alpha value is -2.47. The second-order valence-corrected chi connectivity index (χ2v) is 11.9. The van der Waals surface area contributed by atoms with Crippen LogP contribution in [-0.4, -0.2) is 62.3 Å². The summed E-state index contributed by atoms with van der Waals surface area (Å²) in [7, 11) is 2.12. The Morgan fingerprint density at radius 1 is 0.868 bits per heavy atom.